The van der Waals surface area contributed by atoms with E-state index in [9.17, 15) is 4.79 Å². The Balaban J connectivity index is 1.85. The van der Waals surface area contributed by atoms with E-state index in [1.54, 1.807) is 12.1 Å². The average Bonchev–Trinajstić information content (AvgIpc) is 2.73. The van der Waals surface area contributed by atoms with Crippen LogP contribution in [-0.4, -0.2) is 37.0 Å². The number of nitrogens with zero attached hydrogens (tertiary/aromatic N) is 1. The second kappa shape index (κ2) is 5.29. The largest absolute Gasteiger partial charge is 0.366 e. The van der Waals surface area contributed by atoms with Crippen molar-refractivity contribution in [3.8, 4) is 0 Å². The summed E-state index contributed by atoms with van der Waals surface area (Å²) in [6.07, 6.45) is 1.20. The zero-order valence-electron chi connectivity index (χ0n) is 10.1. The SMILES string of the molecule is CN1CCC(NCc2ccc(C(N)=O)cc2)C1. The van der Waals surface area contributed by atoms with Crippen molar-refractivity contribution < 1.29 is 4.79 Å². The maximum absolute atomic E-state index is 10.9. The molecule has 1 unspecified atom stereocenters. The number of carbonyl (C=O) groups is 1. The first-order chi connectivity index (χ1) is 8.15. The van der Waals surface area contributed by atoms with Gasteiger partial charge in [0.1, 0.15) is 0 Å². The summed E-state index contributed by atoms with van der Waals surface area (Å²) in [6, 6.07) is 8.04. The van der Waals surface area contributed by atoms with Crippen molar-refractivity contribution in [3.05, 3.63) is 35.4 Å². The number of amides is 1. The number of likely N-dealkylation sites (tertiary alicyclic amines) is 1. The summed E-state index contributed by atoms with van der Waals surface area (Å²) in [5, 5.41) is 3.52. The molecule has 0 radical (unpaired) electrons. The van der Waals surface area contributed by atoms with E-state index in [-0.39, 0.29) is 5.91 Å². The summed E-state index contributed by atoms with van der Waals surface area (Å²) in [5.74, 6) is -0.373. The number of carbonyl (C=O) groups excluding carboxylic acids is 1. The number of nitrogens with one attached hydrogen (secondary N) is 1. The molecule has 0 aliphatic carbocycles. The van der Waals surface area contributed by atoms with Gasteiger partial charge in [-0.1, -0.05) is 12.1 Å². The van der Waals surface area contributed by atoms with Crippen LogP contribution in [0.2, 0.25) is 0 Å². The average molecular weight is 233 g/mol. The molecule has 0 saturated carbocycles. The van der Waals surface area contributed by atoms with Gasteiger partial charge in [-0.3, -0.25) is 4.79 Å². The molecular formula is C13H19N3O. The molecule has 1 aliphatic rings. The fourth-order valence-electron chi connectivity index (χ4n) is 2.15. The van der Waals surface area contributed by atoms with E-state index >= 15 is 0 Å². The first-order valence-corrected chi connectivity index (χ1v) is 5.96. The van der Waals surface area contributed by atoms with Crippen LogP contribution < -0.4 is 11.1 Å². The van der Waals surface area contributed by atoms with Gasteiger partial charge in [0.15, 0.2) is 0 Å². The van der Waals surface area contributed by atoms with Crippen molar-refractivity contribution in [2.75, 3.05) is 20.1 Å². The Morgan fingerprint density at radius 3 is 2.71 bits per heavy atom. The molecule has 1 amide bonds. The lowest BCUT2D eigenvalue weighted by atomic mass is 10.1. The number of hydrogen-bond donors (Lipinski definition) is 2. The zero-order chi connectivity index (χ0) is 12.3. The van der Waals surface area contributed by atoms with Crippen molar-refractivity contribution in [2.24, 2.45) is 5.73 Å². The Labute approximate surface area is 102 Å². The first-order valence-electron chi connectivity index (χ1n) is 5.96. The summed E-state index contributed by atoms with van der Waals surface area (Å²) in [7, 11) is 2.14. The molecule has 1 aromatic carbocycles. The third kappa shape index (κ3) is 3.28. The molecule has 1 aliphatic heterocycles. The minimum absolute atomic E-state index is 0.373. The van der Waals surface area contributed by atoms with Crippen LogP contribution in [0.4, 0.5) is 0 Å². The van der Waals surface area contributed by atoms with E-state index in [4.69, 9.17) is 5.73 Å². The molecule has 1 fully saturated rings. The third-order valence-corrected chi connectivity index (χ3v) is 3.22. The van der Waals surface area contributed by atoms with Gasteiger partial charge >= 0.3 is 0 Å². The van der Waals surface area contributed by atoms with Gasteiger partial charge in [0.2, 0.25) is 5.91 Å². The van der Waals surface area contributed by atoms with E-state index in [2.05, 4.69) is 17.3 Å². The van der Waals surface area contributed by atoms with Gasteiger partial charge in [-0.25, -0.2) is 0 Å². The summed E-state index contributed by atoms with van der Waals surface area (Å²) in [5.41, 5.74) is 6.94. The standard InChI is InChI=1S/C13H19N3O/c1-16-7-6-12(9-16)15-8-10-2-4-11(5-3-10)13(14)17/h2-5,12,15H,6-9H2,1H3,(H2,14,17). The van der Waals surface area contributed by atoms with Crippen LogP contribution in [0.1, 0.15) is 22.3 Å². The molecule has 2 rings (SSSR count). The lowest BCUT2D eigenvalue weighted by Crippen LogP contribution is -2.30. The summed E-state index contributed by atoms with van der Waals surface area (Å²) < 4.78 is 0. The lowest BCUT2D eigenvalue weighted by molar-refractivity contribution is 0.100. The Morgan fingerprint density at radius 1 is 1.47 bits per heavy atom. The van der Waals surface area contributed by atoms with Crippen molar-refractivity contribution in [3.63, 3.8) is 0 Å². The highest BCUT2D eigenvalue weighted by molar-refractivity contribution is 5.92. The van der Waals surface area contributed by atoms with Gasteiger partial charge in [0.05, 0.1) is 0 Å². The Hall–Kier alpha value is -1.39. The monoisotopic (exact) mass is 233 g/mol. The fourth-order valence-corrected chi connectivity index (χ4v) is 2.15. The van der Waals surface area contributed by atoms with Crippen molar-refractivity contribution in [1.82, 2.24) is 10.2 Å². The predicted octanol–water partition coefficient (Wildman–Crippen LogP) is 0.579. The third-order valence-electron chi connectivity index (χ3n) is 3.22. The molecule has 0 bridgehead atoms. The van der Waals surface area contributed by atoms with Gasteiger partial charge < -0.3 is 16.0 Å². The molecule has 4 heteroatoms. The second-order valence-electron chi connectivity index (χ2n) is 4.69. The Bertz CT molecular complexity index is 388. The van der Waals surface area contributed by atoms with E-state index in [1.165, 1.54) is 12.0 Å². The highest BCUT2D eigenvalue weighted by atomic mass is 16.1. The lowest BCUT2D eigenvalue weighted by Gasteiger charge is -2.12. The Kier molecular flexibility index (Phi) is 3.76. The summed E-state index contributed by atoms with van der Waals surface area (Å²) in [4.78, 5) is 13.2. The number of likely N-dealkylation sites (N-methyl/N-ethyl adjacent to an activating group) is 1. The first kappa shape index (κ1) is 12.1. The molecule has 0 aromatic heterocycles. The number of hydrogen-bond acceptors (Lipinski definition) is 3. The topological polar surface area (TPSA) is 58.4 Å². The molecule has 17 heavy (non-hydrogen) atoms. The Morgan fingerprint density at radius 2 is 2.18 bits per heavy atom. The maximum atomic E-state index is 10.9. The molecule has 92 valence electrons. The van der Waals surface area contributed by atoms with Gasteiger partial charge in [-0.15, -0.1) is 0 Å². The van der Waals surface area contributed by atoms with Crippen LogP contribution in [-0.2, 0) is 6.54 Å². The summed E-state index contributed by atoms with van der Waals surface area (Å²) >= 11 is 0. The smallest absolute Gasteiger partial charge is 0.248 e. The number of nitrogens with two attached hydrogens (primary N) is 1. The van der Waals surface area contributed by atoms with E-state index in [1.807, 2.05) is 12.1 Å². The molecule has 1 heterocycles. The quantitative estimate of drug-likeness (QED) is 0.799. The summed E-state index contributed by atoms with van der Waals surface area (Å²) in [6.45, 7) is 3.12. The van der Waals surface area contributed by atoms with Gasteiger partial charge in [0.25, 0.3) is 0 Å². The molecule has 1 aromatic rings. The molecule has 0 spiro atoms. The van der Waals surface area contributed by atoms with Crippen molar-refractivity contribution in [2.45, 2.75) is 19.0 Å². The zero-order valence-corrected chi connectivity index (χ0v) is 10.1. The van der Waals surface area contributed by atoms with Crippen LogP contribution in [0.15, 0.2) is 24.3 Å². The fraction of sp³-hybridized carbons (Fsp3) is 0.462. The molecular weight excluding hydrogens is 214 g/mol. The van der Waals surface area contributed by atoms with Gasteiger partial charge in [-0.2, -0.15) is 0 Å². The van der Waals surface area contributed by atoms with E-state index in [0.29, 0.717) is 11.6 Å². The normalized spacial score (nSPS) is 20.6. The second-order valence-corrected chi connectivity index (χ2v) is 4.69. The van der Waals surface area contributed by atoms with Crippen molar-refractivity contribution in [1.29, 1.82) is 0 Å². The van der Waals surface area contributed by atoms with E-state index < -0.39 is 0 Å². The molecule has 1 atom stereocenters. The number of primary amides is 1. The van der Waals surface area contributed by atoms with Gasteiger partial charge in [0, 0.05) is 24.7 Å². The highest BCUT2D eigenvalue weighted by Crippen LogP contribution is 2.08. The van der Waals surface area contributed by atoms with Crippen LogP contribution in [0, 0.1) is 0 Å². The number of rotatable bonds is 4. The maximum Gasteiger partial charge on any atom is 0.248 e. The van der Waals surface area contributed by atoms with Crippen LogP contribution in [0.3, 0.4) is 0 Å². The minimum Gasteiger partial charge on any atom is -0.366 e. The molecule has 4 nitrogen and oxygen atoms in total. The molecule has 3 N–H and O–H groups in total. The predicted molar refractivity (Wildman–Crippen MR) is 67.7 cm³/mol. The van der Waals surface area contributed by atoms with Crippen molar-refractivity contribution >= 4 is 5.91 Å². The van der Waals surface area contributed by atoms with E-state index in [0.717, 1.165) is 19.6 Å². The van der Waals surface area contributed by atoms with Crippen LogP contribution in [0.25, 0.3) is 0 Å². The number of benzene rings is 1. The minimum atomic E-state index is -0.373. The molecule has 1 saturated heterocycles. The van der Waals surface area contributed by atoms with Crippen LogP contribution >= 0.6 is 0 Å². The van der Waals surface area contributed by atoms with Crippen LogP contribution in [0.5, 0.6) is 0 Å². The highest BCUT2D eigenvalue weighted by Gasteiger charge is 2.18. The van der Waals surface area contributed by atoms with Gasteiger partial charge in [-0.05, 0) is 37.7 Å².